The van der Waals surface area contributed by atoms with E-state index in [0.29, 0.717) is 5.33 Å². The van der Waals surface area contributed by atoms with Crippen molar-refractivity contribution < 1.29 is 5.11 Å². The van der Waals surface area contributed by atoms with E-state index in [1.165, 1.54) is 0 Å². The molecule has 1 fully saturated rings. The molecular formula is C7H11BrO. The lowest BCUT2D eigenvalue weighted by Crippen LogP contribution is -2.31. The summed E-state index contributed by atoms with van der Waals surface area (Å²) in [4.78, 5) is 0. The largest absolute Gasteiger partial charge is 0.229 e. The molecule has 2 heteroatoms. The third kappa shape index (κ3) is 1.94. The highest BCUT2D eigenvalue weighted by atomic mass is 79.9. The van der Waals surface area contributed by atoms with Crippen LogP contribution in [-0.4, -0.2) is 10.9 Å². The average Bonchev–Trinajstić information content (AvgIpc) is 1.90. The summed E-state index contributed by atoms with van der Waals surface area (Å²) in [6.45, 7) is 0. The molecule has 2 radical (unpaired) electrons. The molecule has 0 saturated heterocycles. The highest BCUT2D eigenvalue weighted by Gasteiger charge is 2.29. The molecule has 0 aliphatic heterocycles. The first-order valence-corrected chi connectivity index (χ1v) is 4.47. The van der Waals surface area contributed by atoms with Crippen LogP contribution in [0.2, 0.25) is 0 Å². The van der Waals surface area contributed by atoms with Gasteiger partial charge in [0.15, 0.2) is 0 Å². The molecule has 0 N–H and O–H groups in total. The topological polar surface area (TPSA) is 19.9 Å². The molecule has 0 aromatic carbocycles. The molecule has 1 saturated carbocycles. The predicted molar refractivity (Wildman–Crippen MR) is 40.0 cm³/mol. The average molecular weight is 191 g/mol. The number of halogens is 1. The second-order valence-corrected chi connectivity index (χ2v) is 3.24. The summed E-state index contributed by atoms with van der Waals surface area (Å²) < 4.78 is 0. The Bertz CT molecular complexity index is 86.9. The maximum atomic E-state index is 11.4. The van der Waals surface area contributed by atoms with Gasteiger partial charge in [0.2, 0.25) is 0 Å². The number of hydrogen-bond donors (Lipinski definition) is 0. The van der Waals surface area contributed by atoms with Gasteiger partial charge in [-0.25, -0.2) is 5.11 Å². The van der Waals surface area contributed by atoms with Gasteiger partial charge in [-0.1, -0.05) is 15.9 Å². The van der Waals surface area contributed by atoms with Gasteiger partial charge < -0.3 is 0 Å². The lowest BCUT2D eigenvalue weighted by atomic mass is 9.87. The van der Waals surface area contributed by atoms with Crippen LogP contribution in [0.25, 0.3) is 0 Å². The lowest BCUT2D eigenvalue weighted by molar-refractivity contribution is -0.0296. The zero-order valence-corrected chi connectivity index (χ0v) is 6.99. The number of hydrogen-bond acceptors (Lipinski definition) is 0. The summed E-state index contributed by atoms with van der Waals surface area (Å²) >= 11 is 3.24. The van der Waals surface area contributed by atoms with Crippen LogP contribution in [-0.2, 0) is 5.11 Å². The van der Waals surface area contributed by atoms with Gasteiger partial charge in [0.25, 0.3) is 0 Å². The van der Waals surface area contributed by atoms with Gasteiger partial charge in [-0.2, -0.15) is 0 Å². The fourth-order valence-electron chi connectivity index (χ4n) is 1.13. The Labute approximate surface area is 64.6 Å². The van der Waals surface area contributed by atoms with Gasteiger partial charge in [0.05, 0.1) is 0 Å². The third-order valence-corrected chi connectivity index (χ3v) is 2.87. The molecule has 1 aliphatic rings. The minimum Gasteiger partial charge on any atom is -0.229 e. The summed E-state index contributed by atoms with van der Waals surface area (Å²) in [7, 11) is 0. The van der Waals surface area contributed by atoms with Crippen LogP contribution in [0.1, 0.15) is 25.7 Å². The van der Waals surface area contributed by atoms with Crippen LogP contribution in [0, 0.1) is 6.42 Å². The zero-order valence-electron chi connectivity index (χ0n) is 5.40. The first-order valence-electron chi connectivity index (χ1n) is 3.35. The Kier molecular flexibility index (Phi) is 2.53. The van der Waals surface area contributed by atoms with E-state index in [-0.39, 0.29) is 0 Å². The minimum atomic E-state index is -0.644. The second-order valence-electron chi connectivity index (χ2n) is 2.68. The maximum Gasteiger partial charge on any atom is 0.113 e. The van der Waals surface area contributed by atoms with E-state index >= 15 is 0 Å². The van der Waals surface area contributed by atoms with E-state index in [1.807, 2.05) is 0 Å². The predicted octanol–water partition coefficient (Wildman–Crippen LogP) is 2.33. The van der Waals surface area contributed by atoms with E-state index in [1.54, 1.807) is 0 Å². The van der Waals surface area contributed by atoms with E-state index in [2.05, 4.69) is 22.4 Å². The molecule has 1 aliphatic carbocycles. The van der Waals surface area contributed by atoms with E-state index in [9.17, 15) is 5.11 Å². The van der Waals surface area contributed by atoms with Gasteiger partial charge in [-0.05, 0) is 32.1 Å². The Morgan fingerprint density at radius 2 is 2.00 bits per heavy atom. The Morgan fingerprint density at radius 3 is 2.33 bits per heavy atom. The van der Waals surface area contributed by atoms with E-state index < -0.39 is 5.60 Å². The van der Waals surface area contributed by atoms with Crippen LogP contribution in [0.15, 0.2) is 0 Å². The fraction of sp³-hybridized carbons (Fsp3) is 0.857. The van der Waals surface area contributed by atoms with Crippen molar-refractivity contribution in [1.29, 1.82) is 0 Å². The summed E-state index contributed by atoms with van der Waals surface area (Å²) in [5, 5.41) is 12.0. The molecular weight excluding hydrogens is 180 g/mol. The molecule has 1 nitrogen and oxygen atoms in total. The molecule has 0 heterocycles. The number of rotatable bonds is 1. The van der Waals surface area contributed by atoms with Crippen molar-refractivity contribution in [3.8, 4) is 0 Å². The maximum absolute atomic E-state index is 11.4. The number of alkyl halides is 1. The van der Waals surface area contributed by atoms with Gasteiger partial charge in [-0.15, -0.1) is 0 Å². The van der Waals surface area contributed by atoms with Crippen molar-refractivity contribution in [2.45, 2.75) is 31.3 Å². The zero-order chi connectivity index (χ0) is 6.74. The molecule has 0 spiro atoms. The van der Waals surface area contributed by atoms with E-state index in [0.717, 1.165) is 25.7 Å². The Balaban J connectivity index is 2.37. The first-order chi connectivity index (χ1) is 4.27. The van der Waals surface area contributed by atoms with Crippen molar-refractivity contribution >= 4 is 15.9 Å². The second kappa shape index (κ2) is 3.02. The smallest absolute Gasteiger partial charge is 0.113 e. The van der Waals surface area contributed by atoms with Crippen LogP contribution >= 0.6 is 15.9 Å². The van der Waals surface area contributed by atoms with Crippen molar-refractivity contribution in [3.63, 3.8) is 0 Å². The van der Waals surface area contributed by atoms with Crippen molar-refractivity contribution in [1.82, 2.24) is 0 Å². The SMILES string of the molecule is [O]C1(CBr)CC[CH]CC1. The van der Waals surface area contributed by atoms with Crippen molar-refractivity contribution in [2.75, 3.05) is 5.33 Å². The molecule has 0 aromatic rings. The summed E-state index contributed by atoms with van der Waals surface area (Å²) in [6.07, 6.45) is 5.86. The monoisotopic (exact) mass is 190 g/mol. The molecule has 0 bridgehead atoms. The highest BCUT2D eigenvalue weighted by molar-refractivity contribution is 9.09. The minimum absolute atomic E-state index is 0.619. The summed E-state index contributed by atoms with van der Waals surface area (Å²) in [5.74, 6) is 0. The van der Waals surface area contributed by atoms with Crippen molar-refractivity contribution in [2.24, 2.45) is 0 Å². The highest BCUT2D eigenvalue weighted by Crippen LogP contribution is 2.29. The Morgan fingerprint density at radius 1 is 1.44 bits per heavy atom. The fourth-order valence-corrected chi connectivity index (χ4v) is 1.69. The molecule has 0 atom stereocenters. The first kappa shape index (κ1) is 7.55. The van der Waals surface area contributed by atoms with E-state index in [4.69, 9.17) is 0 Å². The third-order valence-electron chi connectivity index (χ3n) is 1.85. The Hall–Kier alpha value is 0.440. The molecule has 1 rings (SSSR count). The van der Waals surface area contributed by atoms with Crippen LogP contribution in [0.3, 0.4) is 0 Å². The molecule has 9 heavy (non-hydrogen) atoms. The van der Waals surface area contributed by atoms with Gasteiger partial charge in [-0.3, -0.25) is 0 Å². The van der Waals surface area contributed by atoms with Crippen molar-refractivity contribution in [3.05, 3.63) is 6.42 Å². The van der Waals surface area contributed by atoms with Gasteiger partial charge in [0.1, 0.15) is 5.60 Å². The molecule has 0 unspecified atom stereocenters. The van der Waals surface area contributed by atoms with Gasteiger partial charge in [0, 0.05) is 5.33 Å². The van der Waals surface area contributed by atoms with Crippen LogP contribution in [0.5, 0.6) is 0 Å². The van der Waals surface area contributed by atoms with Crippen LogP contribution in [0.4, 0.5) is 0 Å². The van der Waals surface area contributed by atoms with Gasteiger partial charge >= 0.3 is 0 Å². The molecule has 0 amide bonds. The quantitative estimate of drug-likeness (QED) is 0.567. The standard InChI is InChI=1S/C7H11BrO/c8-6-7(9)4-2-1-3-5-7/h1H,2-6H2. The molecule has 52 valence electrons. The lowest BCUT2D eigenvalue weighted by Gasteiger charge is -2.26. The molecule has 0 aromatic heterocycles. The summed E-state index contributed by atoms with van der Waals surface area (Å²) in [5.41, 5.74) is -0.644. The normalized spacial score (nSPS) is 26.0. The van der Waals surface area contributed by atoms with Crippen LogP contribution < -0.4 is 0 Å². The summed E-state index contributed by atoms with van der Waals surface area (Å²) in [6, 6.07) is 0.